The Morgan fingerprint density at radius 1 is 0.857 bits per heavy atom. The van der Waals surface area contributed by atoms with Crippen LogP contribution in [0, 0.1) is 0 Å². The predicted octanol–water partition coefficient (Wildman–Crippen LogP) is 3.90. The molecule has 2 aromatic carbocycles. The first-order chi connectivity index (χ1) is 10.1. The maximum Gasteiger partial charge on any atom is 0.413 e. The quantitative estimate of drug-likeness (QED) is 0.644. The van der Waals surface area contributed by atoms with E-state index in [0.29, 0.717) is 0 Å². The van der Waals surface area contributed by atoms with Crippen molar-refractivity contribution in [1.82, 2.24) is 5.48 Å². The van der Waals surface area contributed by atoms with Gasteiger partial charge in [0, 0.05) is 12.5 Å². The number of rotatable bonds is 6. The molecule has 0 fully saturated rings. The van der Waals surface area contributed by atoms with Gasteiger partial charge in [0.25, 0.3) is 0 Å². The largest absolute Gasteiger partial charge is 0.413 e. The third-order valence-electron chi connectivity index (χ3n) is 3.03. The summed E-state index contributed by atoms with van der Waals surface area (Å²) in [5, 5.41) is 0. The Morgan fingerprint density at radius 2 is 1.33 bits per heavy atom. The Kier molecular flexibility index (Phi) is 5.36. The molecule has 2 nitrogen and oxygen atoms in total. The Bertz CT molecular complexity index is 489. The molecule has 0 radical (unpaired) electrons. The fraction of sp³-hybridized carbons (Fsp3) is 0.250. The summed E-state index contributed by atoms with van der Waals surface area (Å²) < 4.78 is 36.2. The fourth-order valence-electron chi connectivity index (χ4n) is 2.07. The Labute approximate surface area is 121 Å². The topological polar surface area (TPSA) is 21.3 Å². The maximum absolute atomic E-state index is 12.1. The minimum Gasteiger partial charge on any atom is -0.292 e. The molecule has 0 aromatic heterocycles. The Hall–Kier alpha value is -1.85. The van der Waals surface area contributed by atoms with E-state index in [1.165, 1.54) is 0 Å². The first-order valence-corrected chi connectivity index (χ1v) is 6.57. The molecule has 0 amide bonds. The summed E-state index contributed by atoms with van der Waals surface area (Å²) in [4.78, 5) is 4.50. The molecular formula is C16H16F3NO. The summed E-state index contributed by atoms with van der Waals surface area (Å²) in [6, 6.07) is 19.2. The molecule has 0 saturated carbocycles. The third-order valence-corrected chi connectivity index (χ3v) is 3.03. The van der Waals surface area contributed by atoms with Crippen LogP contribution in [0.25, 0.3) is 0 Å². The van der Waals surface area contributed by atoms with Gasteiger partial charge in [-0.2, -0.15) is 13.2 Å². The van der Waals surface area contributed by atoms with E-state index in [0.717, 1.165) is 11.1 Å². The molecule has 2 rings (SSSR count). The van der Waals surface area contributed by atoms with Gasteiger partial charge in [-0.1, -0.05) is 60.7 Å². The lowest BCUT2D eigenvalue weighted by atomic mass is 9.91. The summed E-state index contributed by atoms with van der Waals surface area (Å²) >= 11 is 0. The smallest absolute Gasteiger partial charge is 0.292 e. The molecule has 21 heavy (non-hydrogen) atoms. The van der Waals surface area contributed by atoms with E-state index in [2.05, 4.69) is 10.3 Å². The molecule has 112 valence electrons. The molecule has 1 N–H and O–H groups in total. The van der Waals surface area contributed by atoms with Crippen molar-refractivity contribution in [2.24, 2.45) is 0 Å². The van der Waals surface area contributed by atoms with Crippen molar-refractivity contribution in [3.05, 3.63) is 71.8 Å². The van der Waals surface area contributed by atoms with Crippen molar-refractivity contribution >= 4 is 0 Å². The van der Waals surface area contributed by atoms with Crippen LogP contribution < -0.4 is 5.48 Å². The van der Waals surface area contributed by atoms with Gasteiger partial charge in [0.15, 0.2) is 6.61 Å². The van der Waals surface area contributed by atoms with Crippen LogP contribution in [0.5, 0.6) is 0 Å². The van der Waals surface area contributed by atoms with Gasteiger partial charge in [-0.05, 0) is 11.1 Å². The van der Waals surface area contributed by atoms with Crippen LogP contribution in [0.15, 0.2) is 60.7 Å². The zero-order valence-electron chi connectivity index (χ0n) is 11.3. The van der Waals surface area contributed by atoms with Gasteiger partial charge >= 0.3 is 6.18 Å². The fourth-order valence-corrected chi connectivity index (χ4v) is 2.07. The zero-order valence-corrected chi connectivity index (χ0v) is 11.3. The van der Waals surface area contributed by atoms with Gasteiger partial charge in [-0.15, -0.1) is 0 Å². The van der Waals surface area contributed by atoms with Gasteiger partial charge in [0.05, 0.1) is 0 Å². The number of hydrogen-bond acceptors (Lipinski definition) is 2. The van der Waals surface area contributed by atoms with E-state index >= 15 is 0 Å². The van der Waals surface area contributed by atoms with Crippen molar-refractivity contribution in [3.63, 3.8) is 0 Å². The van der Waals surface area contributed by atoms with E-state index in [-0.39, 0.29) is 12.5 Å². The average molecular weight is 295 g/mol. The summed E-state index contributed by atoms with van der Waals surface area (Å²) in [6.45, 7) is -1.03. The Morgan fingerprint density at radius 3 is 1.76 bits per heavy atom. The third kappa shape index (κ3) is 5.21. The molecular weight excluding hydrogens is 279 g/mol. The normalized spacial score (nSPS) is 11.8. The van der Waals surface area contributed by atoms with Crippen LogP contribution in [0.4, 0.5) is 13.2 Å². The van der Waals surface area contributed by atoms with Crippen molar-refractivity contribution < 1.29 is 18.0 Å². The molecule has 0 aliphatic heterocycles. The lowest BCUT2D eigenvalue weighted by Crippen LogP contribution is -2.28. The first kappa shape index (κ1) is 15.5. The van der Waals surface area contributed by atoms with E-state index < -0.39 is 12.8 Å². The van der Waals surface area contributed by atoms with Gasteiger partial charge in [0.1, 0.15) is 0 Å². The summed E-state index contributed by atoms with van der Waals surface area (Å²) in [6.07, 6.45) is -4.33. The number of halogens is 3. The predicted molar refractivity (Wildman–Crippen MR) is 74.7 cm³/mol. The standard InChI is InChI=1S/C16H16F3NO/c17-16(18,19)12-21-20-11-15(13-7-3-1-4-8-13)14-9-5-2-6-10-14/h1-10,15,20H,11-12H2. The molecule has 0 bridgehead atoms. The molecule has 0 aliphatic carbocycles. The highest BCUT2D eigenvalue weighted by Crippen LogP contribution is 2.23. The molecule has 0 spiro atoms. The lowest BCUT2D eigenvalue weighted by molar-refractivity contribution is -0.189. The minimum atomic E-state index is -4.33. The highest BCUT2D eigenvalue weighted by Gasteiger charge is 2.28. The highest BCUT2D eigenvalue weighted by atomic mass is 19.4. The monoisotopic (exact) mass is 295 g/mol. The molecule has 5 heteroatoms. The number of nitrogens with one attached hydrogen (secondary N) is 1. The maximum atomic E-state index is 12.1. The summed E-state index contributed by atoms with van der Waals surface area (Å²) in [5.41, 5.74) is 4.46. The van der Waals surface area contributed by atoms with Gasteiger partial charge < -0.3 is 0 Å². The van der Waals surface area contributed by atoms with Gasteiger partial charge in [-0.25, -0.2) is 5.48 Å². The number of hydroxylamine groups is 1. The van der Waals surface area contributed by atoms with Crippen LogP contribution >= 0.6 is 0 Å². The van der Waals surface area contributed by atoms with Crippen molar-refractivity contribution in [1.29, 1.82) is 0 Å². The second-order valence-electron chi connectivity index (χ2n) is 4.63. The van der Waals surface area contributed by atoms with E-state index in [9.17, 15) is 13.2 Å². The van der Waals surface area contributed by atoms with Crippen LogP contribution in [0.1, 0.15) is 17.0 Å². The first-order valence-electron chi connectivity index (χ1n) is 6.57. The SMILES string of the molecule is FC(F)(F)CONCC(c1ccccc1)c1ccccc1. The highest BCUT2D eigenvalue weighted by molar-refractivity contribution is 5.32. The van der Waals surface area contributed by atoms with E-state index in [1.807, 2.05) is 60.7 Å². The van der Waals surface area contributed by atoms with Crippen molar-refractivity contribution in [2.45, 2.75) is 12.1 Å². The lowest BCUT2D eigenvalue weighted by Gasteiger charge is -2.19. The molecule has 0 aliphatic rings. The Balaban J connectivity index is 2.04. The van der Waals surface area contributed by atoms with Crippen LogP contribution in [0.2, 0.25) is 0 Å². The summed E-state index contributed by atoms with van der Waals surface area (Å²) in [5.74, 6) is -0.0689. The summed E-state index contributed by atoms with van der Waals surface area (Å²) in [7, 11) is 0. The van der Waals surface area contributed by atoms with E-state index in [1.54, 1.807) is 0 Å². The van der Waals surface area contributed by atoms with E-state index in [4.69, 9.17) is 0 Å². The van der Waals surface area contributed by atoms with Crippen molar-refractivity contribution in [3.8, 4) is 0 Å². The average Bonchev–Trinajstić information content (AvgIpc) is 2.48. The minimum absolute atomic E-state index is 0.0689. The van der Waals surface area contributed by atoms with Crippen LogP contribution in [0.3, 0.4) is 0 Å². The van der Waals surface area contributed by atoms with Gasteiger partial charge in [-0.3, -0.25) is 4.84 Å². The zero-order chi connectivity index (χ0) is 15.1. The molecule has 2 aromatic rings. The molecule has 0 atom stereocenters. The van der Waals surface area contributed by atoms with Crippen LogP contribution in [-0.2, 0) is 4.84 Å². The number of benzene rings is 2. The second kappa shape index (κ2) is 7.24. The molecule has 0 heterocycles. The molecule has 0 unspecified atom stereocenters. The second-order valence-corrected chi connectivity index (χ2v) is 4.63. The van der Waals surface area contributed by atoms with Crippen molar-refractivity contribution in [2.75, 3.05) is 13.2 Å². The molecule has 0 saturated heterocycles. The number of hydrogen-bond donors (Lipinski definition) is 1. The number of alkyl halides is 3. The van der Waals surface area contributed by atoms with Crippen LogP contribution in [-0.4, -0.2) is 19.3 Å². The van der Waals surface area contributed by atoms with Gasteiger partial charge in [0.2, 0.25) is 0 Å².